The van der Waals surface area contributed by atoms with Gasteiger partial charge in [-0.2, -0.15) is 5.26 Å². The second kappa shape index (κ2) is 6.59. The molecule has 0 radical (unpaired) electrons. The molecular weight excluding hydrogens is 384 g/mol. The van der Waals surface area contributed by atoms with Gasteiger partial charge in [0.25, 0.3) is 5.69 Å². The number of halogens is 1. The van der Waals surface area contributed by atoms with Crippen LogP contribution in [0, 0.1) is 21.4 Å². The number of rotatable bonds is 4. The van der Waals surface area contributed by atoms with E-state index in [1.807, 2.05) is 6.07 Å². The van der Waals surface area contributed by atoms with Gasteiger partial charge in [0.15, 0.2) is 5.69 Å². The van der Waals surface area contributed by atoms with Crippen LogP contribution in [0.25, 0.3) is 5.69 Å². The first-order chi connectivity index (χ1) is 11.4. The van der Waals surface area contributed by atoms with E-state index >= 15 is 0 Å². The fraction of sp³-hybridized carbons (Fsp3) is 0.143. The highest BCUT2D eigenvalue weighted by molar-refractivity contribution is 9.10. The molecule has 0 unspecified atom stereocenters. The van der Waals surface area contributed by atoms with Crippen molar-refractivity contribution in [2.75, 3.05) is 20.0 Å². The summed E-state index contributed by atoms with van der Waals surface area (Å²) < 4.78 is 11.2. The maximum Gasteiger partial charge on any atom is 0.357 e. The molecule has 0 amide bonds. The van der Waals surface area contributed by atoms with Crippen LogP contribution in [0.15, 0.2) is 22.8 Å². The summed E-state index contributed by atoms with van der Waals surface area (Å²) in [6.07, 6.45) is 1.23. The molecule has 124 valence electrons. The van der Waals surface area contributed by atoms with Crippen molar-refractivity contribution in [3.63, 3.8) is 0 Å². The first kappa shape index (κ1) is 17.3. The molecule has 0 aliphatic carbocycles. The Balaban J connectivity index is 2.93. The van der Waals surface area contributed by atoms with E-state index < -0.39 is 10.9 Å². The molecule has 0 bridgehead atoms. The highest BCUT2D eigenvalue weighted by Gasteiger charge is 2.29. The smallest absolute Gasteiger partial charge is 0.357 e. The number of hydrogen-bond donors (Lipinski definition) is 1. The molecule has 0 saturated heterocycles. The molecule has 0 saturated carbocycles. The van der Waals surface area contributed by atoms with E-state index in [9.17, 15) is 14.9 Å². The zero-order valence-corrected chi connectivity index (χ0v) is 14.2. The summed E-state index contributed by atoms with van der Waals surface area (Å²) in [5.74, 6) is -0.532. The Morgan fingerprint density at radius 1 is 1.46 bits per heavy atom. The number of nitro benzene ring substituents is 1. The van der Waals surface area contributed by atoms with Crippen molar-refractivity contribution in [2.24, 2.45) is 0 Å². The number of aromatic nitrogens is 1. The van der Waals surface area contributed by atoms with Crippen molar-refractivity contribution in [1.29, 1.82) is 5.26 Å². The minimum atomic E-state index is -0.835. The quantitative estimate of drug-likeness (QED) is 0.477. The van der Waals surface area contributed by atoms with Gasteiger partial charge in [0, 0.05) is 12.3 Å². The monoisotopic (exact) mass is 394 g/mol. The first-order valence-corrected chi connectivity index (χ1v) is 7.17. The Kier molecular flexibility index (Phi) is 4.75. The third kappa shape index (κ3) is 2.65. The molecule has 0 spiro atoms. The van der Waals surface area contributed by atoms with E-state index in [0.717, 1.165) is 11.7 Å². The van der Waals surface area contributed by atoms with E-state index in [1.165, 1.54) is 25.4 Å². The van der Waals surface area contributed by atoms with Crippen molar-refractivity contribution in [3.8, 4) is 17.5 Å². The predicted molar refractivity (Wildman–Crippen MR) is 87.1 cm³/mol. The number of esters is 1. The third-order valence-corrected chi connectivity index (χ3v) is 4.03. The van der Waals surface area contributed by atoms with Crippen LogP contribution in [0.5, 0.6) is 5.75 Å². The fourth-order valence-corrected chi connectivity index (χ4v) is 2.85. The molecule has 1 aromatic heterocycles. The van der Waals surface area contributed by atoms with E-state index in [2.05, 4.69) is 20.7 Å². The Bertz CT molecular complexity index is 884. The lowest BCUT2D eigenvalue weighted by Gasteiger charge is -2.13. The second-order valence-electron chi connectivity index (χ2n) is 4.49. The largest absolute Gasteiger partial charge is 0.495 e. The van der Waals surface area contributed by atoms with Crippen LogP contribution in [-0.4, -0.2) is 29.7 Å². The number of carbonyl (C=O) groups excluding carboxylic acids is 1. The van der Waals surface area contributed by atoms with Gasteiger partial charge in [-0.3, -0.25) is 10.1 Å². The predicted octanol–water partition coefficient (Wildman–Crippen LogP) is 2.40. The van der Waals surface area contributed by atoms with Crippen molar-refractivity contribution in [2.45, 2.75) is 0 Å². The van der Waals surface area contributed by atoms with Crippen molar-refractivity contribution >= 4 is 33.3 Å². The van der Waals surface area contributed by atoms with E-state index in [1.54, 1.807) is 0 Å². The lowest BCUT2D eigenvalue weighted by molar-refractivity contribution is -0.384. The minimum absolute atomic E-state index is 0.00653. The third-order valence-electron chi connectivity index (χ3n) is 3.26. The van der Waals surface area contributed by atoms with Crippen LogP contribution in [0.1, 0.15) is 16.1 Å². The first-order valence-electron chi connectivity index (χ1n) is 6.37. The van der Waals surface area contributed by atoms with Crippen LogP contribution in [-0.2, 0) is 4.74 Å². The van der Waals surface area contributed by atoms with Crippen LogP contribution >= 0.6 is 15.9 Å². The SMILES string of the molecule is COC(=O)c1c(N)c(C#N)cn1-c1c([N+](=O)[O-])ccc(OC)c1Br. The minimum Gasteiger partial charge on any atom is -0.495 e. The fourth-order valence-electron chi connectivity index (χ4n) is 2.16. The molecule has 0 atom stereocenters. The number of methoxy groups -OCH3 is 2. The topological polar surface area (TPSA) is 133 Å². The van der Waals surface area contributed by atoms with Gasteiger partial charge in [0.05, 0.1) is 34.9 Å². The van der Waals surface area contributed by atoms with Gasteiger partial charge in [0.1, 0.15) is 17.5 Å². The molecule has 0 fully saturated rings. The summed E-state index contributed by atoms with van der Waals surface area (Å²) in [5.41, 5.74) is 5.16. The van der Waals surface area contributed by atoms with Gasteiger partial charge in [-0.15, -0.1) is 0 Å². The molecule has 1 aromatic carbocycles. The average molecular weight is 395 g/mol. The molecule has 9 nitrogen and oxygen atoms in total. The molecule has 2 aromatic rings. The summed E-state index contributed by atoms with van der Waals surface area (Å²) in [4.78, 5) is 22.8. The number of ether oxygens (including phenoxy) is 2. The molecular formula is C14H11BrN4O5. The maximum atomic E-state index is 12.1. The van der Waals surface area contributed by atoms with Crippen LogP contribution < -0.4 is 10.5 Å². The molecule has 0 aliphatic heterocycles. The zero-order chi connectivity index (χ0) is 18.0. The van der Waals surface area contributed by atoms with Gasteiger partial charge >= 0.3 is 5.97 Å². The van der Waals surface area contributed by atoms with Gasteiger partial charge in [-0.1, -0.05) is 0 Å². The molecule has 0 aliphatic rings. The Labute approximate surface area is 144 Å². The molecule has 1 heterocycles. The number of nitrogen functional groups attached to an aromatic ring is 1. The van der Waals surface area contributed by atoms with Crippen molar-refractivity contribution in [3.05, 3.63) is 44.2 Å². The molecule has 2 rings (SSSR count). The highest BCUT2D eigenvalue weighted by Crippen LogP contribution is 2.40. The summed E-state index contributed by atoms with van der Waals surface area (Å²) in [5, 5.41) is 20.5. The highest BCUT2D eigenvalue weighted by atomic mass is 79.9. The molecule has 10 heteroatoms. The number of carbonyl (C=O) groups is 1. The number of nitro groups is 1. The Morgan fingerprint density at radius 2 is 2.12 bits per heavy atom. The van der Waals surface area contributed by atoms with Gasteiger partial charge < -0.3 is 19.8 Å². The summed E-state index contributed by atoms with van der Waals surface area (Å²) in [6, 6.07) is 4.46. The van der Waals surface area contributed by atoms with Crippen LogP contribution in [0.4, 0.5) is 11.4 Å². The Morgan fingerprint density at radius 3 is 2.62 bits per heavy atom. The van der Waals surface area contributed by atoms with E-state index in [-0.39, 0.29) is 32.8 Å². The van der Waals surface area contributed by atoms with Gasteiger partial charge in [-0.25, -0.2) is 4.79 Å². The van der Waals surface area contributed by atoms with Crippen LogP contribution in [0.2, 0.25) is 0 Å². The normalized spacial score (nSPS) is 10.1. The Hall–Kier alpha value is -3.06. The van der Waals surface area contributed by atoms with Crippen molar-refractivity contribution in [1.82, 2.24) is 4.57 Å². The molecule has 24 heavy (non-hydrogen) atoms. The van der Waals surface area contributed by atoms with Gasteiger partial charge in [0.2, 0.25) is 0 Å². The number of benzene rings is 1. The lowest BCUT2D eigenvalue weighted by atomic mass is 10.2. The average Bonchev–Trinajstić information content (AvgIpc) is 2.89. The number of nitrogens with zero attached hydrogens (tertiary/aromatic N) is 3. The number of hydrogen-bond acceptors (Lipinski definition) is 7. The van der Waals surface area contributed by atoms with Gasteiger partial charge in [-0.05, 0) is 22.0 Å². The second-order valence-corrected chi connectivity index (χ2v) is 5.28. The summed E-state index contributed by atoms with van der Waals surface area (Å²) >= 11 is 3.23. The number of anilines is 1. The molecule has 2 N–H and O–H groups in total. The zero-order valence-electron chi connectivity index (χ0n) is 12.6. The standard InChI is InChI=1S/C14H11BrN4O5/c1-23-9-4-3-8(19(21)22)12(10(9)15)18-6-7(5-16)11(17)13(18)14(20)24-2/h3-4,6H,17H2,1-2H3. The number of nitrogens with two attached hydrogens (primary N) is 1. The van der Waals surface area contributed by atoms with E-state index in [4.69, 9.17) is 15.7 Å². The maximum absolute atomic E-state index is 12.1. The van der Waals surface area contributed by atoms with Crippen molar-refractivity contribution < 1.29 is 19.2 Å². The van der Waals surface area contributed by atoms with E-state index in [0.29, 0.717) is 5.75 Å². The summed E-state index contributed by atoms with van der Waals surface area (Å²) in [6.45, 7) is 0. The number of nitriles is 1. The lowest BCUT2D eigenvalue weighted by Crippen LogP contribution is -2.12. The van der Waals surface area contributed by atoms with Crippen LogP contribution in [0.3, 0.4) is 0 Å². The summed E-state index contributed by atoms with van der Waals surface area (Å²) in [7, 11) is 2.53.